The third-order valence-electron chi connectivity index (χ3n) is 12.6. The lowest BCUT2D eigenvalue weighted by molar-refractivity contribution is 1.18. The molecule has 13 aromatic rings. The van der Waals surface area contributed by atoms with Crippen LogP contribution in [0, 0.1) is 0 Å². The van der Waals surface area contributed by atoms with Gasteiger partial charge in [-0.25, -0.2) is 0 Å². The fraction of sp³-hybridized carbons (Fsp3) is 0. The molecule has 0 spiro atoms. The average Bonchev–Trinajstić information content (AvgIpc) is 3.99. The first kappa shape index (κ1) is 34.9. The van der Waals surface area contributed by atoms with Gasteiger partial charge in [-0.1, -0.05) is 127 Å². The molecule has 0 aliphatic heterocycles. The monoisotopic (exact) mass is 807 g/mol. The van der Waals surface area contributed by atoms with Crippen LogP contribution in [-0.2, 0) is 0 Å². The van der Waals surface area contributed by atoms with Gasteiger partial charge in [0.2, 0.25) is 0 Å². The summed E-state index contributed by atoms with van der Waals surface area (Å²) in [5, 5.41) is 10.2. The summed E-state index contributed by atoms with van der Waals surface area (Å²) < 4.78 is 7.51. The smallest absolute Gasteiger partial charge is 0.0561 e. The van der Waals surface area contributed by atoms with E-state index in [1.165, 1.54) is 80.1 Å². The van der Waals surface area contributed by atoms with E-state index >= 15 is 0 Å². The van der Waals surface area contributed by atoms with Crippen LogP contribution in [0.2, 0.25) is 0 Å². The van der Waals surface area contributed by atoms with Crippen molar-refractivity contribution in [3.05, 3.63) is 224 Å². The third-order valence-corrected chi connectivity index (χ3v) is 13.9. The Morgan fingerprint density at radius 2 is 0.887 bits per heavy atom. The summed E-state index contributed by atoms with van der Waals surface area (Å²) in [6, 6.07) is 82.1. The number of hydrogen-bond donors (Lipinski definition) is 0. The second-order valence-corrected chi connectivity index (χ2v) is 17.2. The zero-order chi connectivity index (χ0) is 40.7. The lowest BCUT2D eigenvalue weighted by Crippen LogP contribution is -2.10. The molecule has 0 radical (unpaired) electrons. The molecule has 62 heavy (non-hydrogen) atoms. The number of fused-ring (bicyclic) bond motifs is 11. The third kappa shape index (κ3) is 5.37. The van der Waals surface area contributed by atoms with E-state index in [9.17, 15) is 0 Å². The topological polar surface area (TPSA) is 13.1 Å². The van der Waals surface area contributed by atoms with Crippen LogP contribution in [0.15, 0.2) is 224 Å². The SMILES string of the molecule is c1ccc(N(c2cccc(-c3ccc4c(c3)c3cc5ccc6c7ccccc7sc6c5cc3n4-c3ccccc3)c2)c2ccc3c4ccccc4n(-c4ccccc4)c3c2)cc1. The van der Waals surface area contributed by atoms with Crippen LogP contribution < -0.4 is 4.90 Å². The number of aromatic nitrogens is 2. The highest BCUT2D eigenvalue weighted by atomic mass is 32.1. The average molecular weight is 808 g/mol. The molecular formula is C58H37N3S. The van der Waals surface area contributed by atoms with Gasteiger partial charge in [-0.3, -0.25) is 0 Å². The maximum absolute atomic E-state index is 2.44. The molecule has 0 amide bonds. The predicted octanol–water partition coefficient (Wildman–Crippen LogP) is 16.5. The lowest BCUT2D eigenvalue weighted by atomic mass is 10.00. The van der Waals surface area contributed by atoms with E-state index in [2.05, 4.69) is 238 Å². The van der Waals surface area contributed by atoms with E-state index in [0.29, 0.717) is 0 Å². The molecule has 0 fully saturated rings. The standard InChI is InChI=1S/C58H37N3S/c1-4-16-41(17-5-1)59(45-29-31-47-46-23-10-12-25-53(46)60(55(47)36-45)42-18-6-2-7-19-42)44-22-14-15-38(33-44)39-28-32-54-51(34-39)52-35-40-27-30-49-48-24-11-13-26-57(48)62-58(49)50(40)37-56(52)61(54)43-20-8-3-9-21-43/h1-37H. The molecule has 0 aliphatic carbocycles. The van der Waals surface area contributed by atoms with Crippen molar-refractivity contribution >= 4 is 103 Å². The Hall–Kier alpha value is -7.92. The molecule has 10 aromatic carbocycles. The van der Waals surface area contributed by atoms with Crippen molar-refractivity contribution in [2.45, 2.75) is 0 Å². The molecule has 0 saturated carbocycles. The van der Waals surface area contributed by atoms with E-state index < -0.39 is 0 Å². The summed E-state index contributed by atoms with van der Waals surface area (Å²) in [6.45, 7) is 0. The number of para-hydroxylation sites is 4. The van der Waals surface area contributed by atoms with Gasteiger partial charge in [0.1, 0.15) is 0 Å². The van der Waals surface area contributed by atoms with E-state index in [4.69, 9.17) is 0 Å². The molecule has 0 aliphatic rings. The van der Waals surface area contributed by atoms with Crippen LogP contribution in [0.25, 0.3) is 97.1 Å². The highest BCUT2D eigenvalue weighted by Gasteiger charge is 2.20. The van der Waals surface area contributed by atoms with Gasteiger partial charge in [-0.2, -0.15) is 0 Å². The zero-order valence-corrected chi connectivity index (χ0v) is 34.4. The van der Waals surface area contributed by atoms with Crippen LogP contribution in [0.1, 0.15) is 0 Å². The molecule has 3 nitrogen and oxygen atoms in total. The Kier molecular flexibility index (Phi) is 7.78. The molecule has 0 saturated heterocycles. The van der Waals surface area contributed by atoms with Crippen LogP contribution in [0.3, 0.4) is 0 Å². The first-order valence-electron chi connectivity index (χ1n) is 21.2. The number of rotatable bonds is 6. The van der Waals surface area contributed by atoms with Crippen molar-refractivity contribution in [3.63, 3.8) is 0 Å². The Morgan fingerprint density at radius 3 is 1.68 bits per heavy atom. The molecule has 0 unspecified atom stereocenters. The van der Waals surface area contributed by atoms with Crippen molar-refractivity contribution in [3.8, 4) is 22.5 Å². The molecule has 0 N–H and O–H groups in total. The molecular weight excluding hydrogens is 771 g/mol. The summed E-state index contributed by atoms with van der Waals surface area (Å²) in [5.41, 5.74) is 12.7. The maximum Gasteiger partial charge on any atom is 0.0561 e. The predicted molar refractivity (Wildman–Crippen MR) is 266 cm³/mol. The van der Waals surface area contributed by atoms with Gasteiger partial charge in [0.05, 0.1) is 22.1 Å². The Balaban J connectivity index is 0.993. The van der Waals surface area contributed by atoms with Crippen molar-refractivity contribution in [1.82, 2.24) is 9.13 Å². The number of thiophene rings is 1. The van der Waals surface area contributed by atoms with Crippen molar-refractivity contribution in [1.29, 1.82) is 0 Å². The summed E-state index contributed by atoms with van der Waals surface area (Å²) in [5.74, 6) is 0. The van der Waals surface area contributed by atoms with Crippen LogP contribution in [0.5, 0.6) is 0 Å². The van der Waals surface area contributed by atoms with Crippen molar-refractivity contribution in [2.75, 3.05) is 4.90 Å². The van der Waals surface area contributed by atoms with E-state index in [1.807, 2.05) is 11.3 Å². The van der Waals surface area contributed by atoms with Gasteiger partial charge in [0.15, 0.2) is 0 Å². The minimum absolute atomic E-state index is 1.10. The fourth-order valence-corrected chi connectivity index (χ4v) is 11.1. The number of nitrogens with zero attached hydrogens (tertiary/aromatic N) is 3. The fourth-order valence-electron chi connectivity index (χ4n) is 9.86. The van der Waals surface area contributed by atoms with Gasteiger partial charge < -0.3 is 14.0 Å². The largest absolute Gasteiger partial charge is 0.310 e. The molecule has 4 heteroatoms. The molecule has 290 valence electrons. The number of anilines is 3. The zero-order valence-electron chi connectivity index (χ0n) is 33.6. The van der Waals surface area contributed by atoms with E-state index in [1.54, 1.807) is 0 Å². The Morgan fingerprint density at radius 1 is 0.306 bits per heavy atom. The van der Waals surface area contributed by atoms with Gasteiger partial charge >= 0.3 is 0 Å². The maximum atomic E-state index is 2.44. The Labute approximate surface area is 362 Å². The van der Waals surface area contributed by atoms with Crippen molar-refractivity contribution < 1.29 is 0 Å². The lowest BCUT2D eigenvalue weighted by Gasteiger charge is -2.26. The number of hydrogen-bond acceptors (Lipinski definition) is 2. The van der Waals surface area contributed by atoms with E-state index in [-0.39, 0.29) is 0 Å². The summed E-state index contributed by atoms with van der Waals surface area (Å²) in [6.07, 6.45) is 0. The molecule has 13 rings (SSSR count). The van der Waals surface area contributed by atoms with Crippen LogP contribution in [-0.4, -0.2) is 9.13 Å². The first-order valence-corrected chi connectivity index (χ1v) is 22.0. The molecule has 0 atom stereocenters. The van der Waals surface area contributed by atoms with E-state index in [0.717, 1.165) is 34.0 Å². The van der Waals surface area contributed by atoms with Gasteiger partial charge in [0, 0.05) is 75.5 Å². The highest BCUT2D eigenvalue weighted by Crippen LogP contribution is 2.44. The number of benzene rings is 10. The van der Waals surface area contributed by atoms with Crippen LogP contribution >= 0.6 is 11.3 Å². The minimum Gasteiger partial charge on any atom is -0.310 e. The summed E-state index contributed by atoms with van der Waals surface area (Å²) in [7, 11) is 0. The normalized spacial score (nSPS) is 11.9. The summed E-state index contributed by atoms with van der Waals surface area (Å²) >= 11 is 1.89. The second-order valence-electron chi connectivity index (χ2n) is 16.1. The first-order chi connectivity index (χ1) is 30.7. The second kappa shape index (κ2) is 13.8. The minimum atomic E-state index is 1.10. The molecule has 3 heterocycles. The van der Waals surface area contributed by atoms with Gasteiger partial charge in [-0.05, 0) is 114 Å². The quantitative estimate of drug-likeness (QED) is 0.163. The van der Waals surface area contributed by atoms with Crippen LogP contribution in [0.4, 0.5) is 17.1 Å². The van der Waals surface area contributed by atoms with Gasteiger partial charge in [0.25, 0.3) is 0 Å². The summed E-state index contributed by atoms with van der Waals surface area (Å²) in [4.78, 5) is 2.39. The molecule has 0 bridgehead atoms. The Bertz CT molecular complexity index is 3860. The molecule has 3 aromatic heterocycles. The van der Waals surface area contributed by atoms with Gasteiger partial charge in [-0.15, -0.1) is 11.3 Å². The highest BCUT2D eigenvalue weighted by molar-refractivity contribution is 7.26. The van der Waals surface area contributed by atoms with Crippen molar-refractivity contribution in [2.24, 2.45) is 0 Å².